The molecule has 1 atom stereocenters. The van der Waals surface area contributed by atoms with E-state index in [9.17, 15) is 14.3 Å². The molecule has 1 unspecified atom stereocenters. The van der Waals surface area contributed by atoms with Gasteiger partial charge in [0.2, 0.25) is 0 Å². The number of nitrogens with one attached hydrogen (secondary N) is 1. The first kappa shape index (κ1) is 10.0. The van der Waals surface area contributed by atoms with Crippen LogP contribution in [0.2, 0.25) is 0 Å². The summed E-state index contributed by atoms with van der Waals surface area (Å²) in [4.78, 5) is 20.1. The fourth-order valence-corrected chi connectivity index (χ4v) is 0.817. The number of primary amides is 1. The average molecular weight is 177 g/mol. The van der Waals surface area contributed by atoms with Crippen molar-refractivity contribution < 1.29 is 14.3 Å². The topological polar surface area (TPSA) is 108 Å². The number of amides is 2. The second-order valence-corrected chi connectivity index (χ2v) is 2.80. The fraction of sp³-hybridized carbons (Fsp3) is 0.500. The number of rotatable bonds is 3. The van der Waals surface area contributed by atoms with Crippen molar-refractivity contribution >= 4 is 19.8 Å². The summed E-state index contributed by atoms with van der Waals surface area (Å²) in [5.41, 5.74) is 6.87. The molecule has 0 saturated heterocycles. The van der Waals surface area contributed by atoms with Crippen LogP contribution in [0.25, 0.3) is 0 Å². The van der Waals surface area contributed by atoms with Crippen LogP contribution in [-0.4, -0.2) is 17.9 Å². The van der Waals surface area contributed by atoms with Crippen molar-refractivity contribution in [3.8, 4) is 0 Å². The van der Waals surface area contributed by atoms with Crippen LogP contribution in [0, 0.1) is 0 Å². The van der Waals surface area contributed by atoms with Crippen molar-refractivity contribution in [3.05, 3.63) is 0 Å². The Kier molecular flexibility index (Phi) is 4.33. The van der Waals surface area contributed by atoms with Crippen LogP contribution in [0.4, 0.5) is 4.79 Å². The van der Waals surface area contributed by atoms with Gasteiger partial charge in [0.25, 0.3) is 0 Å². The molecule has 62 valence electrons. The number of carbonyl (C=O) groups is 1. The number of urea groups is 1. The number of hydrogen-bond acceptors (Lipinski definition) is 4. The highest BCUT2D eigenvalue weighted by atomic mass is 31.1. The summed E-state index contributed by atoms with van der Waals surface area (Å²) < 4.78 is 10.1. The van der Waals surface area contributed by atoms with Crippen LogP contribution in [0.5, 0.6) is 0 Å². The van der Waals surface area contributed by atoms with Crippen LogP contribution in [-0.2, 0) is 4.57 Å². The summed E-state index contributed by atoms with van der Waals surface area (Å²) in [5.74, 6) is 0. The van der Waals surface area contributed by atoms with Gasteiger partial charge in [0, 0.05) is 0 Å². The largest absolute Gasteiger partial charge is 0.595 e. The molecule has 0 aliphatic heterocycles. The fourth-order valence-electron chi connectivity index (χ4n) is 0.373. The van der Waals surface area contributed by atoms with E-state index in [0.717, 1.165) is 0 Å². The van der Waals surface area contributed by atoms with E-state index >= 15 is 0 Å². The summed E-state index contributed by atoms with van der Waals surface area (Å²) >= 11 is 0. The molecule has 0 radical (unpaired) electrons. The lowest BCUT2D eigenvalue weighted by atomic mass is 10.5. The zero-order valence-corrected chi connectivity index (χ0v) is 6.80. The first-order valence-corrected chi connectivity index (χ1v) is 4.09. The molecule has 0 bridgehead atoms. The van der Waals surface area contributed by atoms with Crippen LogP contribution in [0.1, 0.15) is 6.92 Å². The summed E-state index contributed by atoms with van der Waals surface area (Å²) in [6.45, 7) is 1.47. The van der Waals surface area contributed by atoms with Crippen molar-refractivity contribution in [2.45, 2.75) is 6.92 Å². The molecule has 0 heterocycles. The molecule has 11 heavy (non-hydrogen) atoms. The van der Waals surface area contributed by atoms with Crippen LogP contribution >= 0.6 is 8.03 Å². The SMILES string of the molecule is CC(C[P+](=O)[O-])=NNC(N)=O. The minimum atomic E-state index is -2.49. The number of nitrogens with two attached hydrogens (primary N) is 1. The van der Waals surface area contributed by atoms with Crippen molar-refractivity contribution in [2.24, 2.45) is 10.8 Å². The molecule has 0 saturated carbocycles. The Balaban J connectivity index is 3.81. The van der Waals surface area contributed by atoms with Crippen LogP contribution in [0.3, 0.4) is 0 Å². The van der Waals surface area contributed by atoms with E-state index in [0.29, 0.717) is 5.71 Å². The Hall–Kier alpha value is -1.00. The summed E-state index contributed by atoms with van der Waals surface area (Å²) in [6, 6.07) is -0.814. The minimum Gasteiger partial charge on any atom is -0.595 e. The number of nitrogens with zero attached hydrogens (tertiary/aromatic N) is 1. The van der Waals surface area contributed by atoms with Gasteiger partial charge in [0.15, 0.2) is 6.16 Å². The van der Waals surface area contributed by atoms with E-state index in [1.165, 1.54) is 6.92 Å². The quantitative estimate of drug-likeness (QED) is 0.332. The number of hydrazone groups is 1. The van der Waals surface area contributed by atoms with E-state index in [1.54, 1.807) is 0 Å². The summed E-state index contributed by atoms with van der Waals surface area (Å²) in [7, 11) is -2.49. The second kappa shape index (κ2) is 4.76. The molecule has 0 aliphatic rings. The molecular formula is C4H8N3O3P. The van der Waals surface area contributed by atoms with E-state index in [4.69, 9.17) is 0 Å². The maximum absolute atomic E-state index is 10.1. The maximum atomic E-state index is 10.1. The van der Waals surface area contributed by atoms with Gasteiger partial charge < -0.3 is 10.6 Å². The third-order valence-corrected chi connectivity index (χ3v) is 1.43. The lowest BCUT2D eigenvalue weighted by molar-refractivity contribution is -0.163. The molecular weight excluding hydrogens is 169 g/mol. The van der Waals surface area contributed by atoms with Gasteiger partial charge in [-0.05, 0) is 6.92 Å². The van der Waals surface area contributed by atoms with E-state index in [1.807, 2.05) is 5.43 Å². The van der Waals surface area contributed by atoms with E-state index in [-0.39, 0.29) is 6.16 Å². The third kappa shape index (κ3) is 6.89. The lowest BCUT2D eigenvalue weighted by Gasteiger charge is -1.93. The number of hydrogen-bond donors (Lipinski definition) is 2. The Labute approximate surface area is 64.3 Å². The highest BCUT2D eigenvalue weighted by Gasteiger charge is 2.02. The standard InChI is InChI=1S/C4H8N3O3P/c1-3(2-11(9)10)6-7-4(5)8/h2H2,1H3,(H3,5,7,8). The highest BCUT2D eigenvalue weighted by Crippen LogP contribution is 2.05. The first-order chi connectivity index (χ1) is 5.02. The van der Waals surface area contributed by atoms with E-state index < -0.39 is 14.1 Å². The molecule has 7 heteroatoms. The molecule has 2 amide bonds. The predicted molar refractivity (Wildman–Crippen MR) is 38.3 cm³/mol. The van der Waals surface area contributed by atoms with Crippen molar-refractivity contribution in [1.82, 2.24) is 5.43 Å². The Bertz CT molecular complexity index is 203. The normalized spacial score (nSPS) is 12.5. The molecule has 0 aliphatic carbocycles. The van der Waals surface area contributed by atoms with Gasteiger partial charge in [-0.3, -0.25) is 0 Å². The van der Waals surface area contributed by atoms with Crippen LogP contribution in [0.15, 0.2) is 5.10 Å². The molecule has 0 aromatic rings. The van der Waals surface area contributed by atoms with Gasteiger partial charge in [-0.15, -0.1) is 0 Å². The van der Waals surface area contributed by atoms with Gasteiger partial charge in [-0.2, -0.15) is 5.10 Å². The Morgan fingerprint density at radius 2 is 2.36 bits per heavy atom. The zero-order chi connectivity index (χ0) is 8.85. The zero-order valence-electron chi connectivity index (χ0n) is 5.90. The van der Waals surface area contributed by atoms with E-state index in [2.05, 4.69) is 10.8 Å². The van der Waals surface area contributed by atoms with Gasteiger partial charge in [-0.25, -0.2) is 10.2 Å². The predicted octanol–water partition coefficient (Wildman–Crippen LogP) is -0.867. The smallest absolute Gasteiger partial charge is 0.332 e. The Morgan fingerprint density at radius 1 is 1.82 bits per heavy atom. The summed E-state index contributed by atoms with van der Waals surface area (Å²) in [6.07, 6.45) is -0.171. The average Bonchev–Trinajstić information content (AvgIpc) is 1.82. The monoisotopic (exact) mass is 177 g/mol. The van der Waals surface area contributed by atoms with Gasteiger partial charge in [-0.1, -0.05) is 4.57 Å². The van der Waals surface area contributed by atoms with Gasteiger partial charge >= 0.3 is 14.1 Å². The molecule has 0 spiro atoms. The summed E-state index contributed by atoms with van der Waals surface area (Å²) in [5, 5.41) is 3.37. The third-order valence-electron chi connectivity index (χ3n) is 0.715. The minimum absolute atomic E-state index is 0.171. The highest BCUT2D eigenvalue weighted by molar-refractivity contribution is 7.37. The molecule has 0 aromatic heterocycles. The second-order valence-electron chi connectivity index (χ2n) is 1.81. The molecule has 0 aromatic carbocycles. The molecule has 6 nitrogen and oxygen atoms in total. The lowest BCUT2D eigenvalue weighted by Crippen LogP contribution is -2.25. The molecule has 0 fully saturated rings. The molecule has 3 N–H and O–H groups in total. The van der Waals surface area contributed by atoms with Crippen LogP contribution < -0.4 is 16.1 Å². The molecule has 0 rings (SSSR count). The van der Waals surface area contributed by atoms with Gasteiger partial charge in [0.05, 0.1) is 5.71 Å². The van der Waals surface area contributed by atoms with Gasteiger partial charge in [0.1, 0.15) is 0 Å². The van der Waals surface area contributed by atoms with Crippen molar-refractivity contribution in [2.75, 3.05) is 6.16 Å². The number of carbonyl (C=O) groups excluding carboxylic acids is 1. The van der Waals surface area contributed by atoms with Crippen molar-refractivity contribution in [3.63, 3.8) is 0 Å². The maximum Gasteiger partial charge on any atom is 0.332 e. The Morgan fingerprint density at radius 3 is 2.73 bits per heavy atom. The van der Waals surface area contributed by atoms with Crippen molar-refractivity contribution in [1.29, 1.82) is 0 Å². The first-order valence-electron chi connectivity index (χ1n) is 2.72.